The number of benzene rings is 1. The Morgan fingerprint density at radius 2 is 1.95 bits per heavy atom. The molecule has 2 atom stereocenters. The maximum absolute atomic E-state index is 13.8. The van der Waals surface area contributed by atoms with E-state index in [-0.39, 0.29) is 41.8 Å². The van der Waals surface area contributed by atoms with Crippen molar-refractivity contribution in [3.63, 3.8) is 0 Å². The fourth-order valence-electron chi connectivity index (χ4n) is 2.45. The van der Waals surface area contributed by atoms with Crippen LogP contribution in [-0.4, -0.2) is 48.5 Å². The van der Waals surface area contributed by atoms with Crippen molar-refractivity contribution >= 4 is 11.7 Å². The molecular formula is C16H20FNO4. The topological polar surface area (TPSA) is 55.8 Å². The Hall–Kier alpha value is -1.95. The van der Waals surface area contributed by atoms with Gasteiger partial charge in [0.25, 0.3) is 5.91 Å². The molecule has 5 nitrogen and oxygen atoms in total. The molecule has 0 radical (unpaired) electrons. The van der Waals surface area contributed by atoms with Gasteiger partial charge in [-0.1, -0.05) is 0 Å². The Bertz CT molecular complexity index is 565. The van der Waals surface area contributed by atoms with E-state index in [9.17, 15) is 14.0 Å². The second-order valence-corrected chi connectivity index (χ2v) is 5.55. The highest BCUT2D eigenvalue weighted by molar-refractivity contribution is 5.94. The van der Waals surface area contributed by atoms with Gasteiger partial charge in [0, 0.05) is 18.7 Å². The molecule has 1 aliphatic heterocycles. The summed E-state index contributed by atoms with van der Waals surface area (Å²) in [6.45, 7) is 5.92. The fourth-order valence-corrected chi connectivity index (χ4v) is 2.45. The van der Waals surface area contributed by atoms with Gasteiger partial charge in [-0.15, -0.1) is 0 Å². The first-order valence-corrected chi connectivity index (χ1v) is 7.23. The first-order valence-electron chi connectivity index (χ1n) is 7.23. The Morgan fingerprint density at radius 3 is 2.50 bits per heavy atom. The molecule has 22 heavy (non-hydrogen) atoms. The van der Waals surface area contributed by atoms with Crippen molar-refractivity contribution < 1.29 is 23.5 Å². The van der Waals surface area contributed by atoms with Crippen LogP contribution in [0.25, 0.3) is 0 Å². The average Bonchev–Trinajstić information content (AvgIpc) is 2.44. The summed E-state index contributed by atoms with van der Waals surface area (Å²) in [6.07, 6.45) is -0.0569. The number of nitrogens with zero attached hydrogens (tertiary/aromatic N) is 1. The number of hydrogen-bond donors (Lipinski definition) is 0. The van der Waals surface area contributed by atoms with Crippen LogP contribution in [0, 0.1) is 5.82 Å². The molecule has 1 fully saturated rings. The molecule has 1 amide bonds. The van der Waals surface area contributed by atoms with Crippen LogP contribution in [0.4, 0.5) is 4.39 Å². The summed E-state index contributed by atoms with van der Waals surface area (Å²) in [5.74, 6) is -1.12. The lowest BCUT2D eigenvalue weighted by atomic mass is 10.1. The molecule has 1 aromatic carbocycles. The molecule has 1 aliphatic rings. The summed E-state index contributed by atoms with van der Waals surface area (Å²) in [7, 11) is 0. The van der Waals surface area contributed by atoms with Gasteiger partial charge in [0.1, 0.15) is 0 Å². The number of rotatable bonds is 4. The summed E-state index contributed by atoms with van der Waals surface area (Å²) in [6, 6.07) is 3.95. The molecule has 0 spiro atoms. The van der Waals surface area contributed by atoms with Crippen molar-refractivity contribution in [2.45, 2.75) is 33.0 Å². The highest BCUT2D eigenvalue weighted by Crippen LogP contribution is 2.19. The highest BCUT2D eigenvalue weighted by atomic mass is 19.1. The van der Waals surface area contributed by atoms with Crippen LogP contribution in [-0.2, 0) is 9.53 Å². The number of morpholine rings is 1. The second kappa shape index (κ2) is 6.87. The third kappa shape index (κ3) is 4.04. The van der Waals surface area contributed by atoms with Crippen LogP contribution in [0.15, 0.2) is 18.2 Å². The first kappa shape index (κ1) is 16.4. The average molecular weight is 309 g/mol. The van der Waals surface area contributed by atoms with Gasteiger partial charge < -0.3 is 14.4 Å². The minimum absolute atomic E-state index is 0.0284. The second-order valence-electron chi connectivity index (χ2n) is 5.55. The molecule has 0 aromatic heterocycles. The predicted molar refractivity (Wildman–Crippen MR) is 78.5 cm³/mol. The van der Waals surface area contributed by atoms with E-state index in [1.807, 2.05) is 13.8 Å². The van der Waals surface area contributed by atoms with Crippen molar-refractivity contribution in [3.8, 4) is 5.75 Å². The summed E-state index contributed by atoms with van der Waals surface area (Å²) >= 11 is 0. The zero-order valence-corrected chi connectivity index (χ0v) is 13.0. The van der Waals surface area contributed by atoms with Gasteiger partial charge >= 0.3 is 0 Å². The Balaban J connectivity index is 1.95. The lowest BCUT2D eigenvalue weighted by Gasteiger charge is -2.35. The quantitative estimate of drug-likeness (QED) is 0.799. The lowest BCUT2D eigenvalue weighted by Crippen LogP contribution is -2.49. The highest BCUT2D eigenvalue weighted by Gasteiger charge is 2.26. The number of carbonyl (C=O) groups excluding carboxylic acids is 2. The molecule has 2 unspecified atom stereocenters. The number of amides is 1. The van der Waals surface area contributed by atoms with Gasteiger partial charge in [-0.05, 0) is 39.0 Å². The van der Waals surface area contributed by atoms with E-state index in [0.29, 0.717) is 13.1 Å². The molecule has 1 saturated heterocycles. The molecule has 0 N–H and O–H groups in total. The lowest BCUT2D eigenvalue weighted by molar-refractivity contribution is -0.145. The number of ether oxygens (including phenoxy) is 2. The van der Waals surface area contributed by atoms with Crippen molar-refractivity contribution in [2.24, 2.45) is 0 Å². The molecular weight excluding hydrogens is 289 g/mol. The minimum Gasteiger partial charge on any atom is -0.481 e. The van der Waals surface area contributed by atoms with Crippen LogP contribution in [0.2, 0.25) is 0 Å². The largest absolute Gasteiger partial charge is 0.481 e. The zero-order valence-electron chi connectivity index (χ0n) is 13.0. The summed E-state index contributed by atoms with van der Waals surface area (Å²) in [5, 5.41) is 0. The fraction of sp³-hybridized carbons (Fsp3) is 0.500. The molecule has 0 bridgehead atoms. The van der Waals surface area contributed by atoms with Gasteiger partial charge in [0.2, 0.25) is 0 Å². The van der Waals surface area contributed by atoms with Crippen LogP contribution >= 0.6 is 0 Å². The van der Waals surface area contributed by atoms with Crippen molar-refractivity contribution in [3.05, 3.63) is 29.6 Å². The molecule has 1 aromatic rings. The third-order valence-corrected chi connectivity index (χ3v) is 3.46. The van der Waals surface area contributed by atoms with Crippen LogP contribution in [0.3, 0.4) is 0 Å². The van der Waals surface area contributed by atoms with E-state index in [2.05, 4.69) is 0 Å². The third-order valence-electron chi connectivity index (χ3n) is 3.46. The number of Topliss-reactive ketones (excluding diaryl/α,β-unsaturated/α-hetero) is 1. The Kier molecular flexibility index (Phi) is 5.13. The number of halogens is 1. The van der Waals surface area contributed by atoms with Crippen molar-refractivity contribution in [2.75, 3.05) is 19.7 Å². The first-order chi connectivity index (χ1) is 10.4. The van der Waals surface area contributed by atoms with E-state index >= 15 is 0 Å². The summed E-state index contributed by atoms with van der Waals surface area (Å²) < 4.78 is 24.6. The van der Waals surface area contributed by atoms with E-state index < -0.39 is 5.82 Å². The van der Waals surface area contributed by atoms with Crippen molar-refractivity contribution in [1.82, 2.24) is 4.90 Å². The van der Waals surface area contributed by atoms with E-state index in [0.717, 1.165) is 6.07 Å². The van der Waals surface area contributed by atoms with E-state index in [4.69, 9.17) is 9.47 Å². The van der Waals surface area contributed by atoms with Crippen LogP contribution in [0.1, 0.15) is 31.1 Å². The Labute approximate surface area is 129 Å². The number of carbonyl (C=O) groups is 2. The smallest absolute Gasteiger partial charge is 0.260 e. The minimum atomic E-state index is -0.649. The maximum Gasteiger partial charge on any atom is 0.260 e. The van der Waals surface area contributed by atoms with Gasteiger partial charge in [-0.2, -0.15) is 0 Å². The van der Waals surface area contributed by atoms with Gasteiger partial charge in [-0.3, -0.25) is 9.59 Å². The van der Waals surface area contributed by atoms with Gasteiger partial charge in [0.05, 0.1) is 12.2 Å². The summed E-state index contributed by atoms with van der Waals surface area (Å²) in [5.41, 5.74) is 0.270. The zero-order chi connectivity index (χ0) is 16.3. The number of ketones is 1. The molecule has 2 rings (SSSR count). The van der Waals surface area contributed by atoms with Crippen molar-refractivity contribution in [1.29, 1.82) is 0 Å². The molecule has 120 valence electrons. The molecule has 0 aliphatic carbocycles. The van der Waals surface area contributed by atoms with E-state index in [1.54, 1.807) is 4.90 Å². The molecule has 1 heterocycles. The van der Waals surface area contributed by atoms with Crippen LogP contribution < -0.4 is 4.74 Å². The standard InChI is InChI=1S/C16H20FNO4/c1-10-7-18(8-11(2)22-10)16(20)9-21-15-5-4-13(12(3)19)6-14(15)17/h4-6,10-11H,7-9H2,1-3H3. The van der Waals surface area contributed by atoms with E-state index in [1.165, 1.54) is 19.1 Å². The number of hydrogen-bond acceptors (Lipinski definition) is 4. The van der Waals surface area contributed by atoms with Gasteiger partial charge in [-0.25, -0.2) is 4.39 Å². The normalized spacial score (nSPS) is 21.5. The predicted octanol–water partition coefficient (Wildman–Crippen LogP) is 2.04. The molecule has 6 heteroatoms. The monoisotopic (exact) mass is 309 g/mol. The van der Waals surface area contributed by atoms with Crippen LogP contribution in [0.5, 0.6) is 5.75 Å². The maximum atomic E-state index is 13.8. The molecule has 0 saturated carbocycles. The summed E-state index contributed by atoms with van der Waals surface area (Å²) in [4.78, 5) is 24.9. The SMILES string of the molecule is CC(=O)c1ccc(OCC(=O)N2CC(C)OC(C)C2)c(F)c1. The Morgan fingerprint density at radius 1 is 1.32 bits per heavy atom. The van der Waals surface area contributed by atoms with Gasteiger partial charge in [0.15, 0.2) is 24.0 Å².